The van der Waals surface area contributed by atoms with Gasteiger partial charge in [-0.15, -0.1) is 0 Å². The third-order valence-electron chi connectivity index (χ3n) is 3.36. The van der Waals surface area contributed by atoms with Crippen molar-refractivity contribution in [2.45, 2.75) is 12.8 Å². The van der Waals surface area contributed by atoms with E-state index in [4.69, 9.17) is 19.3 Å². The van der Waals surface area contributed by atoms with Crippen LogP contribution >= 0.6 is 0 Å². The summed E-state index contributed by atoms with van der Waals surface area (Å²) >= 11 is 0. The molecule has 20 heavy (non-hydrogen) atoms. The van der Waals surface area contributed by atoms with Gasteiger partial charge < -0.3 is 24.6 Å². The average Bonchev–Trinajstić information content (AvgIpc) is 2.52. The first-order valence-electron chi connectivity index (χ1n) is 7.07. The number of hydrogen-bond donors (Lipinski definition) is 2. The molecule has 1 aliphatic rings. The number of aliphatic hydroxyl groups excluding tert-OH is 1. The van der Waals surface area contributed by atoms with Gasteiger partial charge in [0.1, 0.15) is 6.61 Å². The Morgan fingerprint density at radius 2 is 2.30 bits per heavy atom. The molecule has 0 spiro atoms. The number of benzene rings is 1. The summed E-state index contributed by atoms with van der Waals surface area (Å²) in [6, 6.07) is 5.74. The number of ether oxygens (including phenoxy) is 3. The number of nitrogens with one attached hydrogen (secondary N) is 1. The van der Waals surface area contributed by atoms with Crippen LogP contribution in [0.1, 0.15) is 12.8 Å². The van der Waals surface area contributed by atoms with E-state index < -0.39 is 0 Å². The van der Waals surface area contributed by atoms with E-state index >= 15 is 0 Å². The fraction of sp³-hybridized carbons (Fsp3) is 0.600. The fourth-order valence-corrected chi connectivity index (χ4v) is 2.29. The lowest BCUT2D eigenvalue weighted by Crippen LogP contribution is -2.24. The zero-order chi connectivity index (χ0) is 14.2. The Labute approximate surface area is 119 Å². The summed E-state index contributed by atoms with van der Waals surface area (Å²) in [5, 5.41) is 12.2. The molecule has 0 saturated carbocycles. The molecule has 2 N–H and O–H groups in total. The van der Waals surface area contributed by atoms with E-state index in [1.54, 1.807) is 7.11 Å². The standard InChI is InChI=1S/C15H23NO4/c1-18-14-5-4-13(9-15(14)20-8-6-17)16-10-12-3-2-7-19-11-12/h4-5,9,12,16-17H,2-3,6-8,10-11H2,1H3. The van der Waals surface area contributed by atoms with Crippen molar-refractivity contribution in [3.63, 3.8) is 0 Å². The van der Waals surface area contributed by atoms with Crippen LogP contribution in [0.4, 0.5) is 5.69 Å². The topological polar surface area (TPSA) is 60.0 Å². The molecule has 1 heterocycles. The Balaban J connectivity index is 1.93. The molecule has 1 fully saturated rings. The highest BCUT2D eigenvalue weighted by atomic mass is 16.5. The quantitative estimate of drug-likeness (QED) is 0.799. The molecule has 0 aliphatic carbocycles. The maximum Gasteiger partial charge on any atom is 0.163 e. The third kappa shape index (κ3) is 4.28. The van der Waals surface area contributed by atoms with Crippen LogP contribution in [0.3, 0.4) is 0 Å². The zero-order valence-electron chi connectivity index (χ0n) is 11.9. The van der Waals surface area contributed by atoms with Crippen LogP contribution in [-0.2, 0) is 4.74 Å². The Morgan fingerprint density at radius 3 is 3.00 bits per heavy atom. The van der Waals surface area contributed by atoms with E-state index in [1.165, 1.54) is 6.42 Å². The maximum atomic E-state index is 8.84. The largest absolute Gasteiger partial charge is 0.493 e. The Kier molecular flexibility index (Phi) is 5.95. The molecule has 5 nitrogen and oxygen atoms in total. The highest BCUT2D eigenvalue weighted by Gasteiger charge is 2.14. The molecule has 0 bridgehead atoms. The second-order valence-corrected chi connectivity index (χ2v) is 4.90. The lowest BCUT2D eigenvalue weighted by Gasteiger charge is -2.23. The normalized spacial score (nSPS) is 18.6. The molecular formula is C15H23NO4. The summed E-state index contributed by atoms with van der Waals surface area (Å²) in [6.07, 6.45) is 2.34. The minimum Gasteiger partial charge on any atom is -0.493 e. The summed E-state index contributed by atoms with van der Waals surface area (Å²) in [4.78, 5) is 0. The van der Waals surface area contributed by atoms with Crippen LogP contribution in [0.15, 0.2) is 18.2 Å². The first-order valence-corrected chi connectivity index (χ1v) is 7.07. The van der Waals surface area contributed by atoms with Crippen LogP contribution < -0.4 is 14.8 Å². The molecule has 2 rings (SSSR count). The molecule has 1 aromatic rings. The third-order valence-corrected chi connectivity index (χ3v) is 3.36. The van der Waals surface area contributed by atoms with E-state index in [1.807, 2.05) is 18.2 Å². The molecule has 0 amide bonds. The van der Waals surface area contributed by atoms with Gasteiger partial charge in [-0.1, -0.05) is 0 Å². The van der Waals surface area contributed by atoms with Crippen molar-refractivity contribution in [2.75, 3.05) is 45.4 Å². The summed E-state index contributed by atoms with van der Waals surface area (Å²) in [5.74, 6) is 1.88. The van der Waals surface area contributed by atoms with Crippen LogP contribution in [0.2, 0.25) is 0 Å². The smallest absolute Gasteiger partial charge is 0.163 e. The average molecular weight is 281 g/mol. The van der Waals surface area contributed by atoms with E-state index in [2.05, 4.69) is 5.32 Å². The van der Waals surface area contributed by atoms with Gasteiger partial charge in [0.25, 0.3) is 0 Å². The molecule has 1 saturated heterocycles. The number of rotatable bonds is 7. The van der Waals surface area contributed by atoms with Gasteiger partial charge in [0.15, 0.2) is 11.5 Å². The molecule has 0 aromatic heterocycles. The van der Waals surface area contributed by atoms with Gasteiger partial charge in [0.2, 0.25) is 0 Å². The zero-order valence-corrected chi connectivity index (χ0v) is 11.9. The molecular weight excluding hydrogens is 258 g/mol. The van der Waals surface area contributed by atoms with Gasteiger partial charge in [-0.3, -0.25) is 0 Å². The molecule has 0 radical (unpaired) electrons. The van der Waals surface area contributed by atoms with E-state index in [9.17, 15) is 0 Å². The number of aliphatic hydroxyl groups is 1. The monoisotopic (exact) mass is 281 g/mol. The predicted octanol–water partition coefficient (Wildman–Crippen LogP) is 1.90. The molecule has 1 unspecified atom stereocenters. The predicted molar refractivity (Wildman–Crippen MR) is 77.6 cm³/mol. The minimum atomic E-state index is -0.0137. The minimum absolute atomic E-state index is 0.0137. The van der Waals surface area contributed by atoms with Gasteiger partial charge in [-0.2, -0.15) is 0 Å². The van der Waals surface area contributed by atoms with Crippen LogP contribution in [0.25, 0.3) is 0 Å². The van der Waals surface area contributed by atoms with Gasteiger partial charge in [-0.25, -0.2) is 0 Å². The lowest BCUT2D eigenvalue weighted by atomic mass is 10.0. The summed E-state index contributed by atoms with van der Waals surface area (Å²) in [5.41, 5.74) is 0.990. The highest BCUT2D eigenvalue weighted by Crippen LogP contribution is 2.30. The van der Waals surface area contributed by atoms with E-state index in [0.29, 0.717) is 17.4 Å². The van der Waals surface area contributed by atoms with Gasteiger partial charge >= 0.3 is 0 Å². The Morgan fingerprint density at radius 1 is 1.40 bits per heavy atom. The fourth-order valence-electron chi connectivity index (χ4n) is 2.29. The van der Waals surface area contributed by atoms with E-state index in [-0.39, 0.29) is 13.2 Å². The Bertz CT molecular complexity index is 405. The first-order chi connectivity index (χ1) is 9.83. The maximum absolute atomic E-state index is 8.84. The van der Waals surface area contributed by atoms with Crippen molar-refractivity contribution >= 4 is 5.69 Å². The van der Waals surface area contributed by atoms with Gasteiger partial charge in [-0.05, 0) is 30.9 Å². The molecule has 1 aliphatic heterocycles. The summed E-state index contributed by atoms with van der Waals surface area (Å²) in [7, 11) is 1.60. The number of anilines is 1. The van der Waals surface area contributed by atoms with Crippen molar-refractivity contribution in [1.29, 1.82) is 0 Å². The van der Waals surface area contributed by atoms with Crippen molar-refractivity contribution in [3.05, 3.63) is 18.2 Å². The van der Waals surface area contributed by atoms with Crippen molar-refractivity contribution in [1.82, 2.24) is 0 Å². The van der Waals surface area contributed by atoms with Gasteiger partial charge in [0, 0.05) is 24.9 Å². The SMILES string of the molecule is COc1ccc(NCC2CCCOC2)cc1OCCO. The van der Waals surface area contributed by atoms with Crippen molar-refractivity contribution in [3.8, 4) is 11.5 Å². The highest BCUT2D eigenvalue weighted by molar-refractivity contribution is 5.54. The van der Waals surface area contributed by atoms with E-state index in [0.717, 1.165) is 31.9 Å². The number of hydrogen-bond acceptors (Lipinski definition) is 5. The molecule has 1 atom stereocenters. The van der Waals surface area contributed by atoms with Crippen LogP contribution in [0, 0.1) is 5.92 Å². The van der Waals surface area contributed by atoms with Crippen LogP contribution in [-0.4, -0.2) is 45.2 Å². The van der Waals surface area contributed by atoms with Crippen LogP contribution in [0.5, 0.6) is 11.5 Å². The van der Waals surface area contributed by atoms with Gasteiger partial charge in [0.05, 0.1) is 20.3 Å². The second-order valence-electron chi connectivity index (χ2n) is 4.90. The summed E-state index contributed by atoms with van der Waals surface area (Å²) in [6.45, 7) is 2.86. The molecule has 5 heteroatoms. The lowest BCUT2D eigenvalue weighted by molar-refractivity contribution is 0.0595. The first kappa shape index (κ1) is 14.9. The second kappa shape index (κ2) is 7.97. The molecule has 1 aromatic carbocycles. The van der Waals surface area contributed by atoms with Crippen molar-refractivity contribution < 1.29 is 19.3 Å². The number of methoxy groups -OCH3 is 1. The summed E-state index contributed by atoms with van der Waals surface area (Å²) < 4.78 is 16.2. The Hall–Kier alpha value is -1.46. The van der Waals surface area contributed by atoms with Crippen molar-refractivity contribution in [2.24, 2.45) is 5.92 Å². The molecule has 112 valence electrons.